The van der Waals surface area contributed by atoms with Gasteiger partial charge in [-0.15, -0.1) is 11.3 Å². The second-order valence-corrected chi connectivity index (χ2v) is 6.75. The van der Waals surface area contributed by atoms with Crippen molar-refractivity contribution in [3.8, 4) is 0 Å². The number of nitrogens with zero attached hydrogens (tertiary/aromatic N) is 1. The summed E-state index contributed by atoms with van der Waals surface area (Å²) in [7, 11) is 0. The summed E-state index contributed by atoms with van der Waals surface area (Å²) in [4.78, 5) is 27.3. The number of ketones is 1. The molecule has 0 saturated carbocycles. The lowest BCUT2D eigenvalue weighted by atomic mass is 9.89. The number of aliphatic hydroxyl groups is 1. The Hall–Kier alpha value is -2.24. The molecule has 0 unspecified atom stereocenters. The van der Waals surface area contributed by atoms with Crippen molar-refractivity contribution >= 4 is 28.7 Å². The standard InChI is InChI=1S/C18H17NO3S/c1-12(2)11-19-14-7-4-3-6-13(14)18(22,17(19)21)10-15(20)16-8-5-9-23-16/h3-9,22H,1,10-11H2,2H3/t18-/m1/s1. The van der Waals surface area contributed by atoms with Crippen LogP contribution in [0.15, 0.2) is 53.9 Å². The number of carbonyl (C=O) groups is 2. The maximum Gasteiger partial charge on any atom is 0.264 e. The Labute approximate surface area is 138 Å². The molecule has 23 heavy (non-hydrogen) atoms. The Bertz CT molecular complexity index is 781. The molecule has 2 heterocycles. The summed E-state index contributed by atoms with van der Waals surface area (Å²) in [6.07, 6.45) is -0.254. The first kappa shape index (κ1) is 15.6. The fourth-order valence-corrected chi connectivity index (χ4v) is 3.53. The molecule has 1 aromatic heterocycles. The van der Waals surface area contributed by atoms with E-state index in [0.29, 0.717) is 22.7 Å². The van der Waals surface area contributed by atoms with Crippen molar-refractivity contribution in [3.63, 3.8) is 0 Å². The van der Waals surface area contributed by atoms with Crippen LogP contribution in [0.2, 0.25) is 0 Å². The topological polar surface area (TPSA) is 57.6 Å². The molecule has 5 heteroatoms. The number of amides is 1. The van der Waals surface area contributed by atoms with E-state index < -0.39 is 11.5 Å². The van der Waals surface area contributed by atoms with E-state index in [1.807, 2.05) is 13.0 Å². The molecule has 3 rings (SSSR count). The number of rotatable bonds is 5. The van der Waals surface area contributed by atoms with Gasteiger partial charge in [0.25, 0.3) is 5.91 Å². The van der Waals surface area contributed by atoms with E-state index in [1.54, 1.807) is 35.7 Å². The highest BCUT2D eigenvalue weighted by Crippen LogP contribution is 2.43. The summed E-state index contributed by atoms with van der Waals surface area (Å²) in [6.45, 7) is 5.98. The molecule has 118 valence electrons. The Kier molecular flexibility index (Phi) is 3.92. The first-order valence-electron chi connectivity index (χ1n) is 7.28. The maximum absolute atomic E-state index is 12.8. The molecular formula is C18H17NO3S. The molecule has 1 aliphatic heterocycles. The van der Waals surface area contributed by atoms with Crippen molar-refractivity contribution in [1.29, 1.82) is 0 Å². The predicted molar refractivity (Wildman–Crippen MR) is 90.8 cm³/mol. The quantitative estimate of drug-likeness (QED) is 0.678. The third-order valence-electron chi connectivity index (χ3n) is 3.88. The van der Waals surface area contributed by atoms with Gasteiger partial charge in [-0.2, -0.15) is 0 Å². The molecule has 0 bridgehead atoms. The van der Waals surface area contributed by atoms with Gasteiger partial charge in [0.05, 0.1) is 17.0 Å². The molecule has 1 amide bonds. The first-order valence-corrected chi connectivity index (χ1v) is 8.16. The van der Waals surface area contributed by atoms with Crippen molar-refractivity contribution in [1.82, 2.24) is 0 Å². The van der Waals surface area contributed by atoms with Crippen LogP contribution < -0.4 is 4.90 Å². The van der Waals surface area contributed by atoms with Gasteiger partial charge in [0.15, 0.2) is 11.4 Å². The number of Topliss-reactive ketones (excluding diaryl/α,β-unsaturated/α-hetero) is 1. The smallest absolute Gasteiger partial charge is 0.264 e. The average molecular weight is 327 g/mol. The van der Waals surface area contributed by atoms with Gasteiger partial charge in [-0.05, 0) is 24.4 Å². The van der Waals surface area contributed by atoms with Gasteiger partial charge in [0.2, 0.25) is 0 Å². The minimum atomic E-state index is -1.81. The highest BCUT2D eigenvalue weighted by molar-refractivity contribution is 7.12. The van der Waals surface area contributed by atoms with Crippen LogP contribution in [0.25, 0.3) is 0 Å². The zero-order chi connectivity index (χ0) is 16.6. The Balaban J connectivity index is 1.99. The molecule has 1 aromatic carbocycles. The predicted octanol–water partition coefficient (Wildman–Crippen LogP) is 3.13. The molecule has 1 aliphatic rings. The minimum Gasteiger partial charge on any atom is -0.375 e. The van der Waals surface area contributed by atoms with E-state index in [4.69, 9.17) is 0 Å². The third-order valence-corrected chi connectivity index (χ3v) is 4.79. The molecule has 0 fully saturated rings. The molecular weight excluding hydrogens is 310 g/mol. The van der Waals surface area contributed by atoms with Crippen LogP contribution in [0, 0.1) is 0 Å². The number of hydrogen-bond acceptors (Lipinski definition) is 4. The molecule has 0 radical (unpaired) electrons. The summed E-state index contributed by atoms with van der Waals surface area (Å²) in [6, 6.07) is 10.5. The number of fused-ring (bicyclic) bond motifs is 1. The van der Waals surface area contributed by atoms with E-state index in [2.05, 4.69) is 6.58 Å². The SMILES string of the molecule is C=C(C)CN1C(=O)[C@@](O)(CC(=O)c2cccs2)c2ccccc21. The zero-order valence-corrected chi connectivity index (χ0v) is 13.6. The Morgan fingerprint density at radius 1 is 1.30 bits per heavy atom. The van der Waals surface area contributed by atoms with Crippen molar-refractivity contribution in [2.24, 2.45) is 0 Å². The van der Waals surface area contributed by atoms with E-state index in [1.165, 1.54) is 16.2 Å². The van der Waals surface area contributed by atoms with Gasteiger partial charge in [-0.3, -0.25) is 9.59 Å². The van der Waals surface area contributed by atoms with Gasteiger partial charge in [-0.1, -0.05) is 36.4 Å². The van der Waals surface area contributed by atoms with Gasteiger partial charge in [0, 0.05) is 12.1 Å². The van der Waals surface area contributed by atoms with Crippen LogP contribution in [0.3, 0.4) is 0 Å². The summed E-state index contributed by atoms with van der Waals surface area (Å²) in [5, 5.41) is 12.8. The maximum atomic E-state index is 12.8. The number of para-hydroxylation sites is 1. The lowest BCUT2D eigenvalue weighted by Crippen LogP contribution is -2.42. The van der Waals surface area contributed by atoms with Crippen molar-refractivity contribution in [3.05, 3.63) is 64.4 Å². The Morgan fingerprint density at radius 3 is 2.70 bits per heavy atom. The van der Waals surface area contributed by atoms with E-state index in [-0.39, 0.29) is 12.2 Å². The second kappa shape index (κ2) is 5.76. The summed E-state index contributed by atoms with van der Waals surface area (Å²) in [5.41, 5.74) is 0.118. The van der Waals surface area contributed by atoms with E-state index >= 15 is 0 Å². The lowest BCUT2D eigenvalue weighted by Gasteiger charge is -2.22. The van der Waals surface area contributed by atoms with Crippen LogP contribution in [-0.2, 0) is 10.4 Å². The number of carbonyl (C=O) groups excluding carboxylic acids is 2. The fourth-order valence-electron chi connectivity index (χ4n) is 2.86. The fraction of sp³-hybridized carbons (Fsp3) is 0.222. The first-order chi connectivity index (χ1) is 10.9. The zero-order valence-electron chi connectivity index (χ0n) is 12.8. The third kappa shape index (κ3) is 2.62. The van der Waals surface area contributed by atoms with Crippen LogP contribution in [0.1, 0.15) is 28.6 Å². The van der Waals surface area contributed by atoms with E-state index in [0.717, 1.165) is 5.57 Å². The monoisotopic (exact) mass is 327 g/mol. The summed E-state index contributed by atoms with van der Waals surface area (Å²) >= 11 is 1.31. The van der Waals surface area contributed by atoms with Gasteiger partial charge in [-0.25, -0.2) is 0 Å². The number of hydrogen-bond donors (Lipinski definition) is 1. The normalized spacial score (nSPS) is 19.7. The van der Waals surface area contributed by atoms with Crippen molar-refractivity contribution in [2.45, 2.75) is 18.9 Å². The Morgan fingerprint density at radius 2 is 2.04 bits per heavy atom. The van der Waals surface area contributed by atoms with E-state index in [9.17, 15) is 14.7 Å². The van der Waals surface area contributed by atoms with Crippen molar-refractivity contribution in [2.75, 3.05) is 11.4 Å². The summed E-state index contributed by atoms with van der Waals surface area (Å²) in [5.74, 6) is -0.700. The van der Waals surface area contributed by atoms with Crippen LogP contribution in [0.4, 0.5) is 5.69 Å². The van der Waals surface area contributed by atoms with Crippen LogP contribution in [-0.4, -0.2) is 23.3 Å². The van der Waals surface area contributed by atoms with Gasteiger partial charge < -0.3 is 10.0 Å². The molecule has 2 aromatic rings. The number of thiophene rings is 1. The largest absolute Gasteiger partial charge is 0.375 e. The van der Waals surface area contributed by atoms with Crippen molar-refractivity contribution < 1.29 is 14.7 Å². The summed E-state index contributed by atoms with van der Waals surface area (Å²) < 4.78 is 0. The average Bonchev–Trinajstić information content (AvgIpc) is 3.11. The molecule has 0 aliphatic carbocycles. The highest BCUT2D eigenvalue weighted by atomic mass is 32.1. The molecule has 0 saturated heterocycles. The lowest BCUT2D eigenvalue weighted by molar-refractivity contribution is -0.135. The van der Waals surface area contributed by atoms with Gasteiger partial charge in [0.1, 0.15) is 0 Å². The minimum absolute atomic E-state index is 0.233. The molecule has 0 spiro atoms. The number of benzene rings is 1. The number of anilines is 1. The second-order valence-electron chi connectivity index (χ2n) is 5.80. The molecule has 1 atom stereocenters. The highest BCUT2D eigenvalue weighted by Gasteiger charge is 2.50. The van der Waals surface area contributed by atoms with Crippen LogP contribution >= 0.6 is 11.3 Å². The van der Waals surface area contributed by atoms with Gasteiger partial charge >= 0.3 is 0 Å². The molecule has 1 N–H and O–H groups in total. The molecule has 4 nitrogen and oxygen atoms in total. The van der Waals surface area contributed by atoms with Crippen LogP contribution in [0.5, 0.6) is 0 Å².